The van der Waals surface area contributed by atoms with Crippen LogP contribution >= 0.6 is 0 Å². The predicted octanol–water partition coefficient (Wildman–Crippen LogP) is 1.82. The lowest BCUT2D eigenvalue weighted by Gasteiger charge is -2.13. The summed E-state index contributed by atoms with van der Waals surface area (Å²) >= 11 is 0. The van der Waals surface area contributed by atoms with E-state index in [0.29, 0.717) is 19.0 Å². The number of amides is 1. The van der Waals surface area contributed by atoms with Gasteiger partial charge < -0.3 is 20.7 Å². The molecule has 1 amide bonds. The fourth-order valence-corrected chi connectivity index (χ4v) is 1.77. The molecule has 0 saturated carbocycles. The van der Waals surface area contributed by atoms with Crippen molar-refractivity contribution in [1.29, 1.82) is 0 Å². The van der Waals surface area contributed by atoms with Crippen LogP contribution in [-0.4, -0.2) is 44.8 Å². The van der Waals surface area contributed by atoms with Crippen LogP contribution in [0.15, 0.2) is 29.3 Å². The molecule has 0 spiro atoms. The quantitative estimate of drug-likeness (QED) is 0.488. The minimum atomic E-state index is -4.36. The number of nitrogens with one attached hydrogen (secondary N) is 3. The van der Waals surface area contributed by atoms with E-state index in [1.165, 1.54) is 12.1 Å². The Kier molecular flexibility index (Phi) is 8.59. The largest absolute Gasteiger partial charge is 0.484 e. The molecule has 0 saturated heterocycles. The minimum absolute atomic E-state index is 0.101. The van der Waals surface area contributed by atoms with Gasteiger partial charge in [0, 0.05) is 20.1 Å². The van der Waals surface area contributed by atoms with E-state index in [1.807, 2.05) is 6.92 Å². The van der Waals surface area contributed by atoms with E-state index in [1.54, 1.807) is 19.2 Å². The molecule has 1 rings (SSSR count). The Bertz CT molecular complexity index is 559. The highest BCUT2D eigenvalue weighted by atomic mass is 19.4. The third-order valence-corrected chi connectivity index (χ3v) is 3.00. The van der Waals surface area contributed by atoms with Gasteiger partial charge in [0.05, 0.1) is 6.54 Å². The third kappa shape index (κ3) is 9.43. The Morgan fingerprint density at radius 2 is 1.84 bits per heavy atom. The molecule has 25 heavy (non-hydrogen) atoms. The normalized spacial score (nSPS) is 11.8. The van der Waals surface area contributed by atoms with Gasteiger partial charge in [-0.05, 0) is 24.1 Å². The molecule has 140 valence electrons. The zero-order valence-electron chi connectivity index (χ0n) is 14.2. The maximum absolute atomic E-state index is 12.1. The van der Waals surface area contributed by atoms with Gasteiger partial charge in [-0.3, -0.25) is 9.79 Å². The molecule has 0 aliphatic rings. The molecule has 0 radical (unpaired) electrons. The Hall–Kier alpha value is -2.45. The second-order valence-corrected chi connectivity index (χ2v) is 5.18. The van der Waals surface area contributed by atoms with Crippen LogP contribution in [0.1, 0.15) is 18.9 Å². The average molecular weight is 360 g/mol. The van der Waals surface area contributed by atoms with Crippen molar-refractivity contribution in [3.8, 4) is 5.75 Å². The molecule has 0 aliphatic heterocycles. The molecular formula is C16H23F3N4O2. The Morgan fingerprint density at radius 1 is 1.16 bits per heavy atom. The SMILES string of the molecule is CCCNC(=O)CNC(=NC)NCc1ccc(OCC(F)(F)F)cc1. The molecule has 0 heterocycles. The Morgan fingerprint density at radius 3 is 2.40 bits per heavy atom. The number of halogens is 3. The number of hydrogen-bond donors (Lipinski definition) is 3. The van der Waals surface area contributed by atoms with Crippen LogP contribution in [0.3, 0.4) is 0 Å². The van der Waals surface area contributed by atoms with Crippen molar-refractivity contribution >= 4 is 11.9 Å². The van der Waals surface area contributed by atoms with Gasteiger partial charge in [0.2, 0.25) is 5.91 Å². The number of aliphatic imine (C=N–C) groups is 1. The van der Waals surface area contributed by atoms with Crippen LogP contribution in [-0.2, 0) is 11.3 Å². The summed E-state index contributed by atoms with van der Waals surface area (Å²) in [4.78, 5) is 15.5. The first-order valence-electron chi connectivity index (χ1n) is 7.83. The highest BCUT2D eigenvalue weighted by molar-refractivity contribution is 5.86. The van der Waals surface area contributed by atoms with E-state index in [9.17, 15) is 18.0 Å². The van der Waals surface area contributed by atoms with Gasteiger partial charge in [0.1, 0.15) is 5.75 Å². The van der Waals surface area contributed by atoms with Crippen LogP contribution in [0.2, 0.25) is 0 Å². The summed E-state index contributed by atoms with van der Waals surface area (Å²) in [5.41, 5.74) is 0.831. The van der Waals surface area contributed by atoms with E-state index in [0.717, 1.165) is 12.0 Å². The van der Waals surface area contributed by atoms with Gasteiger partial charge in [0.15, 0.2) is 12.6 Å². The first-order valence-corrected chi connectivity index (χ1v) is 7.83. The number of carbonyl (C=O) groups is 1. The fourth-order valence-electron chi connectivity index (χ4n) is 1.77. The highest BCUT2D eigenvalue weighted by Gasteiger charge is 2.28. The van der Waals surface area contributed by atoms with Gasteiger partial charge in [0.25, 0.3) is 0 Å². The summed E-state index contributed by atoms with van der Waals surface area (Å²) in [5, 5.41) is 8.62. The molecule has 6 nitrogen and oxygen atoms in total. The average Bonchev–Trinajstić information content (AvgIpc) is 2.58. The van der Waals surface area contributed by atoms with E-state index < -0.39 is 12.8 Å². The van der Waals surface area contributed by atoms with Gasteiger partial charge in [-0.25, -0.2) is 0 Å². The number of alkyl halides is 3. The maximum Gasteiger partial charge on any atom is 0.422 e. The zero-order valence-corrected chi connectivity index (χ0v) is 14.2. The standard InChI is InChI=1S/C16H23F3N4O2/c1-3-8-21-14(24)10-23-15(20-2)22-9-12-4-6-13(7-5-12)25-11-16(17,18)19/h4-7H,3,8-11H2,1-2H3,(H,21,24)(H2,20,22,23). The number of guanidine groups is 1. The van der Waals surface area contributed by atoms with Crippen molar-refractivity contribution in [2.24, 2.45) is 4.99 Å². The van der Waals surface area contributed by atoms with E-state index >= 15 is 0 Å². The Labute approximate surface area is 144 Å². The summed E-state index contributed by atoms with van der Waals surface area (Å²) in [6.45, 7) is 1.77. The number of rotatable bonds is 8. The van der Waals surface area contributed by atoms with Crippen LogP contribution < -0.4 is 20.7 Å². The molecular weight excluding hydrogens is 337 g/mol. The van der Waals surface area contributed by atoms with E-state index in [-0.39, 0.29) is 18.2 Å². The topological polar surface area (TPSA) is 74.8 Å². The monoisotopic (exact) mass is 360 g/mol. The lowest BCUT2D eigenvalue weighted by molar-refractivity contribution is -0.153. The molecule has 1 aromatic rings. The second kappa shape index (κ2) is 10.4. The molecule has 9 heteroatoms. The number of nitrogens with zero attached hydrogens (tertiary/aromatic N) is 1. The minimum Gasteiger partial charge on any atom is -0.484 e. The third-order valence-electron chi connectivity index (χ3n) is 3.00. The summed E-state index contributed by atoms with van der Waals surface area (Å²) in [6.07, 6.45) is -3.50. The first kappa shape index (κ1) is 20.6. The summed E-state index contributed by atoms with van der Waals surface area (Å²) in [6, 6.07) is 6.24. The molecule has 0 unspecified atom stereocenters. The van der Waals surface area contributed by atoms with E-state index in [4.69, 9.17) is 0 Å². The fraction of sp³-hybridized carbons (Fsp3) is 0.500. The first-order chi connectivity index (χ1) is 11.8. The van der Waals surface area contributed by atoms with E-state index in [2.05, 4.69) is 25.7 Å². The number of ether oxygens (including phenoxy) is 1. The smallest absolute Gasteiger partial charge is 0.422 e. The van der Waals surface area contributed by atoms with Gasteiger partial charge in [-0.1, -0.05) is 19.1 Å². The van der Waals surface area contributed by atoms with Crippen LogP contribution in [0, 0.1) is 0 Å². The zero-order chi connectivity index (χ0) is 18.7. The summed E-state index contributed by atoms with van der Waals surface area (Å²) in [5.74, 6) is 0.469. The van der Waals surface area contributed by atoms with Gasteiger partial charge >= 0.3 is 6.18 Å². The van der Waals surface area contributed by atoms with Crippen molar-refractivity contribution in [3.05, 3.63) is 29.8 Å². The molecule has 0 fully saturated rings. The van der Waals surface area contributed by atoms with Gasteiger partial charge in [-0.2, -0.15) is 13.2 Å². The molecule has 0 atom stereocenters. The highest BCUT2D eigenvalue weighted by Crippen LogP contribution is 2.18. The summed E-state index contributed by atoms with van der Waals surface area (Å²) < 4.78 is 40.9. The van der Waals surface area contributed by atoms with Crippen molar-refractivity contribution in [2.45, 2.75) is 26.1 Å². The lowest BCUT2D eigenvalue weighted by Crippen LogP contribution is -2.43. The molecule has 0 aromatic heterocycles. The molecule has 0 aliphatic carbocycles. The Balaban J connectivity index is 2.39. The molecule has 1 aromatic carbocycles. The predicted molar refractivity (Wildman–Crippen MR) is 89.5 cm³/mol. The van der Waals surface area contributed by atoms with Crippen molar-refractivity contribution in [3.63, 3.8) is 0 Å². The molecule has 0 bridgehead atoms. The van der Waals surface area contributed by atoms with Crippen LogP contribution in [0.25, 0.3) is 0 Å². The number of hydrogen-bond acceptors (Lipinski definition) is 3. The number of benzene rings is 1. The maximum atomic E-state index is 12.1. The lowest BCUT2D eigenvalue weighted by atomic mass is 10.2. The van der Waals surface area contributed by atoms with Crippen molar-refractivity contribution in [1.82, 2.24) is 16.0 Å². The van der Waals surface area contributed by atoms with Crippen molar-refractivity contribution in [2.75, 3.05) is 26.7 Å². The van der Waals surface area contributed by atoms with Crippen molar-refractivity contribution < 1.29 is 22.7 Å². The second-order valence-electron chi connectivity index (χ2n) is 5.18. The summed E-state index contributed by atoms with van der Waals surface area (Å²) in [7, 11) is 1.58. The van der Waals surface area contributed by atoms with Crippen LogP contribution in [0.5, 0.6) is 5.75 Å². The van der Waals surface area contributed by atoms with Crippen LogP contribution in [0.4, 0.5) is 13.2 Å². The number of carbonyl (C=O) groups excluding carboxylic acids is 1. The molecule has 3 N–H and O–H groups in total. The van der Waals surface area contributed by atoms with Gasteiger partial charge in [-0.15, -0.1) is 0 Å².